The number of aromatic amines is 1. The van der Waals surface area contributed by atoms with E-state index in [9.17, 15) is 24.3 Å². The van der Waals surface area contributed by atoms with Gasteiger partial charge in [-0.15, -0.1) is 0 Å². The number of amides is 3. The molecule has 1 aromatic carbocycles. The number of carbonyl (C=O) groups is 4. The molecule has 0 radical (unpaired) electrons. The van der Waals surface area contributed by atoms with E-state index in [4.69, 9.17) is 11.5 Å². The number of hydrogen-bond acceptors (Lipinski definition) is 6. The van der Waals surface area contributed by atoms with Gasteiger partial charge in [0.25, 0.3) is 0 Å². The number of para-hydroxylation sites is 1. The van der Waals surface area contributed by atoms with Crippen LogP contribution in [0.2, 0.25) is 0 Å². The number of hydrogen-bond donors (Lipinski definition) is 8. The van der Waals surface area contributed by atoms with Crippen LogP contribution < -0.4 is 32.7 Å². The van der Waals surface area contributed by atoms with Crippen LogP contribution >= 0.6 is 0 Å². The van der Waals surface area contributed by atoms with Gasteiger partial charge in [-0.3, -0.25) is 19.4 Å². The molecule has 1 fully saturated rings. The molecule has 0 saturated carbocycles. The van der Waals surface area contributed by atoms with Crippen LogP contribution in [-0.4, -0.2) is 77.0 Å². The molecule has 224 valence electrons. The van der Waals surface area contributed by atoms with Crippen molar-refractivity contribution < 1.29 is 24.3 Å². The van der Waals surface area contributed by atoms with E-state index in [0.29, 0.717) is 19.3 Å². The summed E-state index contributed by atoms with van der Waals surface area (Å²) in [6.07, 6.45) is 4.46. The van der Waals surface area contributed by atoms with Gasteiger partial charge in [-0.05, 0) is 49.8 Å². The Morgan fingerprint density at radius 1 is 1.10 bits per heavy atom. The van der Waals surface area contributed by atoms with Gasteiger partial charge in [0.2, 0.25) is 17.7 Å². The highest BCUT2D eigenvalue weighted by Gasteiger charge is 2.34. The van der Waals surface area contributed by atoms with Gasteiger partial charge in [-0.2, -0.15) is 0 Å². The topological polar surface area (TPSA) is 217 Å². The number of aliphatic carboxylic acids is 1. The summed E-state index contributed by atoms with van der Waals surface area (Å²) >= 11 is 0. The summed E-state index contributed by atoms with van der Waals surface area (Å²) in [4.78, 5) is 58.9. The highest BCUT2D eigenvalue weighted by atomic mass is 16.4. The van der Waals surface area contributed by atoms with Gasteiger partial charge < -0.3 is 42.8 Å². The molecule has 0 aliphatic carbocycles. The molecule has 10 N–H and O–H groups in total. The molecule has 3 rings (SSSR count). The quantitative estimate of drug-likeness (QED) is 0.0832. The fourth-order valence-corrected chi connectivity index (χ4v) is 4.89. The average Bonchev–Trinajstić information content (AvgIpc) is 3.63. The Morgan fingerprint density at radius 2 is 1.83 bits per heavy atom. The van der Waals surface area contributed by atoms with Crippen LogP contribution in [0.5, 0.6) is 0 Å². The predicted octanol–water partition coefficient (Wildman–Crippen LogP) is 0.101. The summed E-state index contributed by atoms with van der Waals surface area (Å²) in [5.74, 6) is -2.94. The highest BCUT2D eigenvalue weighted by molar-refractivity contribution is 5.95. The Morgan fingerprint density at radius 3 is 2.49 bits per heavy atom. The second-order valence-corrected chi connectivity index (χ2v) is 10.5. The number of aromatic nitrogens is 1. The Bertz CT molecular complexity index is 1240. The molecule has 1 aliphatic rings. The molecule has 13 heteroatoms. The molecule has 2 heterocycles. The Labute approximate surface area is 239 Å². The van der Waals surface area contributed by atoms with Crippen molar-refractivity contribution in [2.75, 3.05) is 13.1 Å². The summed E-state index contributed by atoms with van der Waals surface area (Å²) in [6, 6.07) is 4.00. The third-order valence-corrected chi connectivity index (χ3v) is 7.46. The van der Waals surface area contributed by atoms with Crippen LogP contribution in [0.25, 0.3) is 10.9 Å². The highest BCUT2D eigenvalue weighted by Crippen LogP contribution is 2.20. The summed E-state index contributed by atoms with van der Waals surface area (Å²) in [5, 5.41) is 22.0. The molecule has 2 aromatic rings. The SMILES string of the molecule is CCC(C)C(NC(=O)C1CCCN1)C(=O)NC(Cc1c[nH]c2ccccc12)C(=O)NC(CCCN=C(N)N)C(=O)O. The van der Waals surface area contributed by atoms with Gasteiger partial charge in [-0.25, -0.2) is 4.79 Å². The number of carbonyl (C=O) groups excluding carboxylic acids is 3. The zero-order valence-electron chi connectivity index (χ0n) is 23.6. The third kappa shape index (κ3) is 8.93. The van der Waals surface area contributed by atoms with E-state index in [1.807, 2.05) is 38.1 Å². The van der Waals surface area contributed by atoms with E-state index < -0.39 is 35.9 Å². The van der Waals surface area contributed by atoms with Gasteiger partial charge in [0, 0.05) is 30.1 Å². The number of carboxylic acids is 1. The van der Waals surface area contributed by atoms with Crippen molar-refractivity contribution in [1.82, 2.24) is 26.3 Å². The van der Waals surface area contributed by atoms with Gasteiger partial charge >= 0.3 is 5.97 Å². The zero-order chi connectivity index (χ0) is 29.9. The Hall–Kier alpha value is -4.13. The van der Waals surface area contributed by atoms with Gasteiger partial charge in [0.1, 0.15) is 18.1 Å². The lowest BCUT2D eigenvalue weighted by Gasteiger charge is -2.28. The van der Waals surface area contributed by atoms with Crippen molar-refractivity contribution >= 4 is 40.6 Å². The number of benzene rings is 1. The number of aliphatic imine (C=N–C) groups is 1. The van der Waals surface area contributed by atoms with Crippen molar-refractivity contribution in [3.8, 4) is 0 Å². The van der Waals surface area contributed by atoms with Crippen LogP contribution in [0, 0.1) is 5.92 Å². The lowest BCUT2D eigenvalue weighted by Crippen LogP contribution is -2.59. The fraction of sp³-hybridized carbons (Fsp3) is 0.536. The molecular formula is C28H42N8O5. The maximum absolute atomic E-state index is 13.6. The van der Waals surface area contributed by atoms with Crippen molar-refractivity contribution in [2.45, 2.75) is 76.5 Å². The first-order chi connectivity index (χ1) is 19.6. The van der Waals surface area contributed by atoms with Crippen molar-refractivity contribution in [2.24, 2.45) is 22.4 Å². The molecule has 0 spiro atoms. The minimum atomic E-state index is -1.21. The van der Waals surface area contributed by atoms with E-state index in [2.05, 4.69) is 31.2 Å². The van der Waals surface area contributed by atoms with Crippen molar-refractivity contribution in [1.29, 1.82) is 0 Å². The number of carboxylic acid groups (broad SMARTS) is 1. The first kappa shape index (κ1) is 31.4. The molecule has 3 amide bonds. The second-order valence-electron chi connectivity index (χ2n) is 10.5. The molecule has 1 saturated heterocycles. The summed E-state index contributed by atoms with van der Waals surface area (Å²) in [7, 11) is 0. The molecule has 13 nitrogen and oxygen atoms in total. The second kappa shape index (κ2) is 15.0. The largest absolute Gasteiger partial charge is 0.480 e. The molecule has 5 atom stereocenters. The van der Waals surface area contributed by atoms with Crippen LogP contribution in [0.1, 0.15) is 51.5 Å². The van der Waals surface area contributed by atoms with E-state index in [1.165, 1.54) is 0 Å². The minimum Gasteiger partial charge on any atom is -0.480 e. The fourth-order valence-electron chi connectivity index (χ4n) is 4.89. The van der Waals surface area contributed by atoms with Gasteiger partial charge in [0.15, 0.2) is 5.96 Å². The molecule has 0 bridgehead atoms. The molecule has 1 aliphatic heterocycles. The van der Waals surface area contributed by atoms with E-state index >= 15 is 0 Å². The monoisotopic (exact) mass is 570 g/mol. The normalized spacial score (nSPS) is 17.7. The standard InChI is InChI=1S/C28H42N8O5/c1-3-16(2)23(36-24(37)20-10-6-12-31-20)26(39)35-22(14-17-15-33-19-9-5-4-8-18(17)19)25(38)34-21(27(40)41)11-7-13-32-28(29)30/h4-5,8-9,15-16,20-23,31,33H,3,6-7,10-14H2,1-2H3,(H,34,38)(H,35,39)(H,36,37)(H,40,41)(H4,29,30,32). The average molecular weight is 571 g/mol. The van der Waals surface area contributed by atoms with Crippen molar-refractivity contribution in [3.63, 3.8) is 0 Å². The van der Waals surface area contributed by atoms with Gasteiger partial charge in [0.05, 0.1) is 6.04 Å². The summed E-state index contributed by atoms with van der Waals surface area (Å²) < 4.78 is 0. The minimum absolute atomic E-state index is 0.0888. The molecule has 5 unspecified atom stereocenters. The third-order valence-electron chi connectivity index (χ3n) is 7.46. The number of nitrogens with two attached hydrogens (primary N) is 2. The first-order valence-electron chi connectivity index (χ1n) is 14.1. The van der Waals surface area contributed by atoms with Crippen LogP contribution in [-0.2, 0) is 25.6 Å². The van der Waals surface area contributed by atoms with Crippen LogP contribution in [0.3, 0.4) is 0 Å². The van der Waals surface area contributed by atoms with Crippen molar-refractivity contribution in [3.05, 3.63) is 36.0 Å². The predicted molar refractivity (Wildman–Crippen MR) is 156 cm³/mol. The number of fused-ring (bicyclic) bond motifs is 1. The number of nitrogens with one attached hydrogen (secondary N) is 5. The van der Waals surface area contributed by atoms with E-state index in [1.54, 1.807) is 6.20 Å². The zero-order valence-corrected chi connectivity index (χ0v) is 23.6. The Kier molecular flexibility index (Phi) is 11.5. The van der Waals surface area contributed by atoms with Crippen LogP contribution in [0.4, 0.5) is 0 Å². The molecular weight excluding hydrogens is 528 g/mol. The summed E-state index contributed by atoms with van der Waals surface area (Å²) in [5.41, 5.74) is 12.3. The molecule has 41 heavy (non-hydrogen) atoms. The number of H-pyrrole nitrogens is 1. The number of nitrogens with zero attached hydrogens (tertiary/aromatic N) is 1. The first-order valence-corrected chi connectivity index (χ1v) is 14.1. The maximum atomic E-state index is 13.6. The Balaban J connectivity index is 1.81. The smallest absolute Gasteiger partial charge is 0.326 e. The van der Waals surface area contributed by atoms with E-state index in [-0.39, 0.29) is 43.2 Å². The molecule has 1 aromatic heterocycles. The van der Waals surface area contributed by atoms with E-state index in [0.717, 1.165) is 29.4 Å². The number of guanidine groups is 1. The maximum Gasteiger partial charge on any atom is 0.326 e. The lowest BCUT2D eigenvalue weighted by molar-refractivity contribution is -0.142. The van der Waals surface area contributed by atoms with Crippen LogP contribution in [0.15, 0.2) is 35.5 Å². The number of rotatable bonds is 15. The summed E-state index contributed by atoms with van der Waals surface area (Å²) in [6.45, 7) is 4.73. The van der Waals surface area contributed by atoms with Gasteiger partial charge in [-0.1, -0.05) is 38.5 Å². The lowest BCUT2D eigenvalue weighted by atomic mass is 9.96.